The maximum atomic E-state index is 14.2. The van der Waals surface area contributed by atoms with Crippen molar-refractivity contribution in [3.05, 3.63) is 56.8 Å². The molecule has 1 N–H and O–H groups in total. The summed E-state index contributed by atoms with van der Waals surface area (Å²) in [7, 11) is 0. The van der Waals surface area contributed by atoms with Gasteiger partial charge in [-0.3, -0.25) is 0 Å². The second-order valence-electron chi connectivity index (χ2n) is 4.78. The van der Waals surface area contributed by atoms with Crippen molar-refractivity contribution in [2.75, 3.05) is 6.54 Å². The number of thiophene rings is 1. The van der Waals surface area contributed by atoms with Crippen LogP contribution in [-0.2, 0) is 6.42 Å². The number of hydrogen-bond donors (Lipinski definition) is 1. The highest BCUT2D eigenvalue weighted by molar-refractivity contribution is 7.10. The molecule has 0 saturated carbocycles. The summed E-state index contributed by atoms with van der Waals surface area (Å²) in [5.41, 5.74) is 2.20. The Balaban J connectivity index is 2.51. The zero-order valence-corrected chi connectivity index (χ0v) is 12.8. The van der Waals surface area contributed by atoms with E-state index in [0.29, 0.717) is 11.1 Å². The molecule has 1 unspecified atom stereocenters. The van der Waals surface area contributed by atoms with Crippen molar-refractivity contribution in [2.45, 2.75) is 33.2 Å². The van der Waals surface area contributed by atoms with Crippen LogP contribution in [0.25, 0.3) is 0 Å². The molecule has 0 bridgehead atoms. The highest BCUT2D eigenvalue weighted by atomic mass is 32.1. The summed E-state index contributed by atoms with van der Waals surface area (Å²) in [6.45, 7) is 6.46. The molecule has 2 aromatic rings. The van der Waals surface area contributed by atoms with Crippen LogP contribution >= 0.6 is 11.3 Å². The fourth-order valence-corrected chi connectivity index (χ4v) is 3.43. The van der Waals surface area contributed by atoms with Gasteiger partial charge in [-0.25, -0.2) is 8.78 Å². The van der Waals surface area contributed by atoms with E-state index in [-0.39, 0.29) is 6.04 Å². The largest absolute Gasteiger partial charge is 0.306 e. The van der Waals surface area contributed by atoms with Crippen molar-refractivity contribution >= 4 is 11.3 Å². The molecular weight excluding hydrogens is 276 g/mol. The van der Waals surface area contributed by atoms with Gasteiger partial charge in [0.2, 0.25) is 0 Å². The van der Waals surface area contributed by atoms with E-state index in [9.17, 15) is 8.78 Å². The SMILES string of the molecule is CCNC(c1cc(C)c(F)cc1F)c1sccc1CC. The fraction of sp³-hybridized carbons (Fsp3) is 0.375. The van der Waals surface area contributed by atoms with Gasteiger partial charge < -0.3 is 5.32 Å². The van der Waals surface area contributed by atoms with Crippen molar-refractivity contribution < 1.29 is 8.78 Å². The Labute approximate surface area is 122 Å². The lowest BCUT2D eigenvalue weighted by molar-refractivity contribution is 0.539. The third kappa shape index (κ3) is 2.91. The van der Waals surface area contributed by atoms with E-state index in [4.69, 9.17) is 0 Å². The molecule has 20 heavy (non-hydrogen) atoms. The quantitative estimate of drug-likeness (QED) is 0.850. The van der Waals surface area contributed by atoms with Crippen LogP contribution in [0.2, 0.25) is 0 Å². The molecule has 1 heterocycles. The van der Waals surface area contributed by atoms with Gasteiger partial charge in [0, 0.05) is 16.5 Å². The standard InChI is InChI=1S/C16H19F2NS/c1-4-11-6-7-20-16(11)15(19-5-2)12-8-10(3)13(17)9-14(12)18/h6-9,15,19H,4-5H2,1-3H3. The van der Waals surface area contributed by atoms with Gasteiger partial charge in [0.05, 0.1) is 6.04 Å². The van der Waals surface area contributed by atoms with Crippen LogP contribution in [0.5, 0.6) is 0 Å². The van der Waals surface area contributed by atoms with E-state index >= 15 is 0 Å². The number of halogens is 2. The molecule has 0 fully saturated rings. The van der Waals surface area contributed by atoms with E-state index in [1.54, 1.807) is 24.3 Å². The fourth-order valence-electron chi connectivity index (χ4n) is 2.34. The summed E-state index contributed by atoms with van der Waals surface area (Å²) in [6, 6.07) is 4.44. The minimum absolute atomic E-state index is 0.214. The summed E-state index contributed by atoms with van der Waals surface area (Å²) >= 11 is 1.61. The summed E-state index contributed by atoms with van der Waals surface area (Å²) in [6.07, 6.45) is 0.905. The Morgan fingerprint density at radius 2 is 1.95 bits per heavy atom. The van der Waals surface area contributed by atoms with Crippen molar-refractivity contribution in [3.8, 4) is 0 Å². The first-order valence-electron chi connectivity index (χ1n) is 6.83. The molecule has 0 spiro atoms. The molecule has 2 rings (SSSR count). The highest BCUT2D eigenvalue weighted by Gasteiger charge is 2.21. The molecule has 1 aromatic carbocycles. The Morgan fingerprint density at radius 3 is 2.60 bits per heavy atom. The van der Waals surface area contributed by atoms with Gasteiger partial charge in [0.25, 0.3) is 0 Å². The molecule has 4 heteroatoms. The van der Waals surface area contributed by atoms with E-state index in [1.165, 1.54) is 5.56 Å². The first-order chi connectivity index (χ1) is 9.58. The smallest absolute Gasteiger partial charge is 0.131 e. The van der Waals surface area contributed by atoms with Crippen LogP contribution in [0.3, 0.4) is 0 Å². The molecule has 0 amide bonds. The molecule has 1 aromatic heterocycles. The van der Waals surface area contributed by atoms with Gasteiger partial charge in [-0.2, -0.15) is 0 Å². The summed E-state index contributed by atoms with van der Waals surface area (Å²) in [4.78, 5) is 1.11. The predicted molar refractivity (Wildman–Crippen MR) is 80.3 cm³/mol. The minimum Gasteiger partial charge on any atom is -0.306 e. The van der Waals surface area contributed by atoms with Gasteiger partial charge in [-0.15, -0.1) is 11.3 Å². The number of rotatable bonds is 5. The maximum Gasteiger partial charge on any atom is 0.131 e. The predicted octanol–water partition coefficient (Wildman–Crippen LogP) is 4.60. The molecule has 1 atom stereocenters. The first-order valence-corrected chi connectivity index (χ1v) is 7.71. The third-order valence-corrected chi connectivity index (χ3v) is 4.45. The Kier molecular flexibility index (Phi) is 4.89. The zero-order valence-electron chi connectivity index (χ0n) is 12.0. The number of nitrogens with one attached hydrogen (secondary N) is 1. The Bertz CT molecular complexity index is 592. The lowest BCUT2D eigenvalue weighted by Crippen LogP contribution is -2.23. The van der Waals surface area contributed by atoms with E-state index in [2.05, 4.69) is 18.3 Å². The van der Waals surface area contributed by atoms with Crippen molar-refractivity contribution in [3.63, 3.8) is 0 Å². The van der Waals surface area contributed by atoms with Crippen LogP contribution in [0.1, 0.15) is 41.5 Å². The number of hydrogen-bond acceptors (Lipinski definition) is 2. The highest BCUT2D eigenvalue weighted by Crippen LogP contribution is 2.32. The summed E-state index contributed by atoms with van der Waals surface area (Å²) in [5, 5.41) is 5.33. The lowest BCUT2D eigenvalue weighted by Gasteiger charge is -2.20. The first kappa shape index (κ1) is 15.1. The van der Waals surface area contributed by atoms with Gasteiger partial charge in [-0.1, -0.05) is 13.8 Å². The monoisotopic (exact) mass is 295 g/mol. The van der Waals surface area contributed by atoms with E-state index < -0.39 is 11.6 Å². The van der Waals surface area contributed by atoms with Gasteiger partial charge >= 0.3 is 0 Å². The molecule has 0 aliphatic heterocycles. The Hall–Kier alpha value is -1.26. The van der Waals surface area contributed by atoms with Gasteiger partial charge in [0.15, 0.2) is 0 Å². The molecule has 0 aliphatic carbocycles. The molecule has 0 aliphatic rings. The minimum atomic E-state index is -0.497. The second kappa shape index (κ2) is 6.46. The van der Waals surface area contributed by atoms with Crippen LogP contribution in [0.4, 0.5) is 8.78 Å². The van der Waals surface area contributed by atoms with Crippen molar-refractivity contribution in [1.82, 2.24) is 5.32 Å². The van der Waals surface area contributed by atoms with E-state index in [0.717, 1.165) is 23.9 Å². The average Bonchev–Trinajstić information content (AvgIpc) is 2.88. The van der Waals surface area contributed by atoms with Crippen LogP contribution < -0.4 is 5.32 Å². The molecule has 0 radical (unpaired) electrons. The van der Waals surface area contributed by atoms with Gasteiger partial charge in [-0.05, 0) is 48.5 Å². The van der Waals surface area contributed by atoms with Crippen molar-refractivity contribution in [2.24, 2.45) is 0 Å². The number of benzene rings is 1. The second-order valence-corrected chi connectivity index (χ2v) is 5.72. The summed E-state index contributed by atoms with van der Waals surface area (Å²) < 4.78 is 27.6. The topological polar surface area (TPSA) is 12.0 Å². The number of aryl methyl sites for hydroxylation is 2. The normalized spacial score (nSPS) is 12.7. The van der Waals surface area contributed by atoms with Crippen molar-refractivity contribution in [1.29, 1.82) is 0 Å². The molecule has 108 valence electrons. The zero-order chi connectivity index (χ0) is 14.7. The average molecular weight is 295 g/mol. The maximum absolute atomic E-state index is 14.2. The summed E-state index contributed by atoms with van der Waals surface area (Å²) in [5.74, 6) is -0.988. The van der Waals surface area contributed by atoms with Crippen LogP contribution in [0.15, 0.2) is 23.6 Å². The molecule has 1 nitrogen and oxygen atoms in total. The third-order valence-electron chi connectivity index (χ3n) is 3.42. The molecular formula is C16H19F2NS. The lowest BCUT2D eigenvalue weighted by atomic mass is 9.99. The Morgan fingerprint density at radius 1 is 1.20 bits per heavy atom. The van der Waals surface area contributed by atoms with Crippen LogP contribution in [-0.4, -0.2) is 6.54 Å². The van der Waals surface area contributed by atoms with Crippen LogP contribution in [0, 0.1) is 18.6 Å². The van der Waals surface area contributed by atoms with Gasteiger partial charge in [0.1, 0.15) is 11.6 Å². The van der Waals surface area contributed by atoms with E-state index in [1.807, 2.05) is 12.3 Å². The molecule has 0 saturated heterocycles.